The molecule has 0 unspecified atom stereocenters. The quantitative estimate of drug-likeness (QED) is 0.749. The molecule has 90 valence electrons. The summed E-state index contributed by atoms with van der Waals surface area (Å²) >= 11 is 5.87. The zero-order chi connectivity index (χ0) is 11.8. The van der Waals surface area contributed by atoms with E-state index in [2.05, 4.69) is 0 Å². The molecule has 3 nitrogen and oxygen atoms in total. The molecule has 0 amide bonds. The minimum absolute atomic E-state index is 0.432. The largest absolute Gasteiger partial charge is 0.493 e. The Morgan fingerprint density at radius 3 is 2.81 bits per heavy atom. The van der Waals surface area contributed by atoms with Crippen molar-refractivity contribution in [2.24, 2.45) is 5.73 Å². The van der Waals surface area contributed by atoms with Crippen LogP contribution in [0.4, 0.5) is 0 Å². The molecule has 4 heteroatoms. The van der Waals surface area contributed by atoms with Gasteiger partial charge in [0, 0.05) is 36.8 Å². The molecule has 0 atom stereocenters. The second kappa shape index (κ2) is 7.49. The highest BCUT2D eigenvalue weighted by molar-refractivity contribution is 6.30. The van der Waals surface area contributed by atoms with E-state index in [-0.39, 0.29) is 0 Å². The van der Waals surface area contributed by atoms with E-state index in [9.17, 15) is 0 Å². The summed E-state index contributed by atoms with van der Waals surface area (Å²) in [6, 6.07) is 5.49. The molecule has 2 N–H and O–H groups in total. The molecule has 1 aromatic rings. The highest BCUT2D eigenvalue weighted by atomic mass is 35.5. The van der Waals surface area contributed by atoms with Crippen LogP contribution < -0.4 is 10.5 Å². The summed E-state index contributed by atoms with van der Waals surface area (Å²) < 4.78 is 10.8. The van der Waals surface area contributed by atoms with Gasteiger partial charge in [-0.15, -0.1) is 0 Å². The summed E-state index contributed by atoms with van der Waals surface area (Å²) in [4.78, 5) is 0. The smallest absolute Gasteiger partial charge is 0.123 e. The van der Waals surface area contributed by atoms with E-state index < -0.39 is 0 Å². The second-order valence-electron chi connectivity index (χ2n) is 3.36. The Labute approximate surface area is 101 Å². The van der Waals surface area contributed by atoms with E-state index >= 15 is 0 Å². The summed E-state index contributed by atoms with van der Waals surface area (Å²) in [7, 11) is 0. The van der Waals surface area contributed by atoms with E-state index in [0.717, 1.165) is 30.9 Å². The lowest BCUT2D eigenvalue weighted by Gasteiger charge is -2.10. The first kappa shape index (κ1) is 13.3. The third kappa shape index (κ3) is 4.39. The van der Waals surface area contributed by atoms with Crippen molar-refractivity contribution >= 4 is 11.6 Å². The average Bonchev–Trinajstić information content (AvgIpc) is 2.30. The van der Waals surface area contributed by atoms with E-state index in [1.807, 2.05) is 19.1 Å². The van der Waals surface area contributed by atoms with Crippen molar-refractivity contribution in [1.82, 2.24) is 0 Å². The van der Waals surface area contributed by atoms with Gasteiger partial charge in [0.25, 0.3) is 0 Å². The topological polar surface area (TPSA) is 44.5 Å². The van der Waals surface area contributed by atoms with E-state index in [0.29, 0.717) is 18.2 Å². The van der Waals surface area contributed by atoms with Crippen LogP contribution >= 0.6 is 11.6 Å². The van der Waals surface area contributed by atoms with Crippen molar-refractivity contribution in [2.75, 3.05) is 19.8 Å². The Bertz CT molecular complexity index is 318. The van der Waals surface area contributed by atoms with Crippen molar-refractivity contribution in [3.05, 3.63) is 28.8 Å². The summed E-state index contributed by atoms with van der Waals surface area (Å²) in [6.07, 6.45) is 0.875. The van der Waals surface area contributed by atoms with Crippen LogP contribution in [0.25, 0.3) is 0 Å². The molecule has 0 saturated heterocycles. The van der Waals surface area contributed by atoms with Gasteiger partial charge in [0.1, 0.15) is 5.75 Å². The fraction of sp³-hybridized carbons (Fsp3) is 0.500. The molecule has 0 heterocycles. The minimum atomic E-state index is 0.432. The fourth-order valence-electron chi connectivity index (χ4n) is 1.34. The predicted molar refractivity (Wildman–Crippen MR) is 65.9 cm³/mol. The van der Waals surface area contributed by atoms with Crippen LogP contribution in [0.3, 0.4) is 0 Å². The monoisotopic (exact) mass is 243 g/mol. The zero-order valence-electron chi connectivity index (χ0n) is 9.54. The van der Waals surface area contributed by atoms with Crippen molar-refractivity contribution < 1.29 is 9.47 Å². The van der Waals surface area contributed by atoms with Gasteiger partial charge in [0.05, 0.1) is 6.61 Å². The molecule has 1 aromatic carbocycles. The van der Waals surface area contributed by atoms with Crippen molar-refractivity contribution in [3.63, 3.8) is 0 Å². The molecule has 16 heavy (non-hydrogen) atoms. The van der Waals surface area contributed by atoms with Gasteiger partial charge in [-0.3, -0.25) is 0 Å². The predicted octanol–water partition coefficient (Wildman–Crippen LogP) is 2.60. The lowest BCUT2D eigenvalue weighted by molar-refractivity contribution is 0.130. The number of hydrogen-bond donors (Lipinski definition) is 1. The Balaban J connectivity index is 2.41. The van der Waals surface area contributed by atoms with Crippen LogP contribution in [0.15, 0.2) is 18.2 Å². The number of rotatable bonds is 7. The number of nitrogens with two attached hydrogens (primary N) is 1. The molecular formula is C12H18ClNO2. The van der Waals surface area contributed by atoms with Crippen LogP contribution in [0, 0.1) is 0 Å². The maximum Gasteiger partial charge on any atom is 0.123 e. The van der Waals surface area contributed by atoms with Crippen LogP contribution in [0.2, 0.25) is 5.02 Å². The first-order chi connectivity index (χ1) is 7.77. The van der Waals surface area contributed by atoms with Crippen molar-refractivity contribution in [1.29, 1.82) is 0 Å². The molecule has 0 aromatic heterocycles. The van der Waals surface area contributed by atoms with Gasteiger partial charge in [-0.1, -0.05) is 11.6 Å². The Morgan fingerprint density at radius 1 is 1.31 bits per heavy atom. The van der Waals surface area contributed by atoms with Crippen LogP contribution in [0.5, 0.6) is 5.75 Å². The first-order valence-corrected chi connectivity index (χ1v) is 5.84. The number of benzene rings is 1. The Hall–Kier alpha value is -0.770. The maximum atomic E-state index is 5.87. The van der Waals surface area contributed by atoms with Crippen LogP contribution in [-0.4, -0.2) is 19.8 Å². The molecule has 0 aliphatic heterocycles. The molecule has 0 aliphatic carbocycles. The summed E-state index contributed by atoms with van der Waals surface area (Å²) in [6.45, 7) is 4.51. The fourth-order valence-corrected chi connectivity index (χ4v) is 1.53. The van der Waals surface area contributed by atoms with Gasteiger partial charge in [-0.2, -0.15) is 0 Å². The third-order valence-electron chi connectivity index (χ3n) is 2.14. The number of halogens is 1. The average molecular weight is 244 g/mol. The number of hydrogen-bond acceptors (Lipinski definition) is 3. The van der Waals surface area contributed by atoms with E-state index in [1.165, 1.54) is 0 Å². The molecule has 1 rings (SSSR count). The third-order valence-corrected chi connectivity index (χ3v) is 2.37. The normalized spacial score (nSPS) is 10.4. The Morgan fingerprint density at radius 2 is 2.12 bits per heavy atom. The van der Waals surface area contributed by atoms with E-state index in [4.69, 9.17) is 26.8 Å². The van der Waals surface area contributed by atoms with Crippen LogP contribution in [-0.2, 0) is 11.3 Å². The van der Waals surface area contributed by atoms with Gasteiger partial charge in [-0.25, -0.2) is 0 Å². The lowest BCUT2D eigenvalue weighted by atomic mass is 10.2. The minimum Gasteiger partial charge on any atom is -0.493 e. The van der Waals surface area contributed by atoms with Crippen molar-refractivity contribution in [2.45, 2.75) is 19.9 Å². The van der Waals surface area contributed by atoms with Gasteiger partial charge >= 0.3 is 0 Å². The van der Waals surface area contributed by atoms with Crippen molar-refractivity contribution in [3.8, 4) is 5.75 Å². The summed E-state index contributed by atoms with van der Waals surface area (Å²) in [5, 5.41) is 0.683. The molecule has 0 fully saturated rings. The molecule has 0 radical (unpaired) electrons. The second-order valence-corrected chi connectivity index (χ2v) is 3.79. The van der Waals surface area contributed by atoms with Gasteiger partial charge in [0.2, 0.25) is 0 Å². The molecule has 0 bridgehead atoms. The van der Waals surface area contributed by atoms with E-state index in [1.54, 1.807) is 6.07 Å². The molecular weight excluding hydrogens is 226 g/mol. The Kier molecular flexibility index (Phi) is 6.23. The molecule has 0 aliphatic rings. The van der Waals surface area contributed by atoms with Gasteiger partial charge in [-0.05, 0) is 25.1 Å². The maximum absolute atomic E-state index is 5.87. The summed E-state index contributed by atoms with van der Waals surface area (Å²) in [5.74, 6) is 0.809. The van der Waals surface area contributed by atoms with Crippen LogP contribution in [0.1, 0.15) is 18.9 Å². The standard InChI is InChI=1S/C12H18ClNO2/c1-2-15-6-3-7-16-12-5-4-11(13)8-10(12)9-14/h4-5,8H,2-3,6-7,9,14H2,1H3. The highest BCUT2D eigenvalue weighted by Gasteiger charge is 2.02. The lowest BCUT2D eigenvalue weighted by Crippen LogP contribution is -2.06. The molecule has 0 spiro atoms. The van der Waals surface area contributed by atoms with Gasteiger partial charge in [0.15, 0.2) is 0 Å². The van der Waals surface area contributed by atoms with Gasteiger partial charge < -0.3 is 15.2 Å². The summed E-state index contributed by atoms with van der Waals surface area (Å²) in [5.41, 5.74) is 6.54. The highest BCUT2D eigenvalue weighted by Crippen LogP contribution is 2.22. The molecule has 0 saturated carbocycles. The zero-order valence-corrected chi connectivity index (χ0v) is 10.3. The first-order valence-electron chi connectivity index (χ1n) is 5.47. The SMILES string of the molecule is CCOCCCOc1ccc(Cl)cc1CN. The number of ether oxygens (including phenoxy) is 2.